The largest absolute Gasteiger partial charge is 0.462 e. The first kappa shape index (κ1) is 71.8. The molecule has 0 N–H and O–H groups in total. The molecule has 6 nitrogen and oxygen atoms in total. The fourth-order valence-corrected chi connectivity index (χ4v) is 8.45. The van der Waals surface area contributed by atoms with Crippen molar-refractivity contribution in [1.82, 2.24) is 0 Å². The van der Waals surface area contributed by atoms with Crippen LogP contribution in [0.3, 0.4) is 0 Å². The zero-order valence-electron chi connectivity index (χ0n) is 49.5. The van der Waals surface area contributed by atoms with Crippen LogP contribution in [0.5, 0.6) is 0 Å². The molecule has 0 aliphatic carbocycles. The number of rotatable bonds is 56. The Labute approximate surface area is 469 Å². The SMILES string of the molecule is CC/C=C\C/C=C\C/C=C\C/C=C\C/C=C\C/C=C\C/C=C\CCCCCCCCCCCC(=O)OCC(COC(=O)CCCCCCC/C=C\CCCCC)OC(=O)CCCCCCC/C=C\C/C=C\CCCCC. The van der Waals surface area contributed by atoms with Crippen LogP contribution in [0.2, 0.25) is 0 Å². The maximum Gasteiger partial charge on any atom is 0.306 e. The van der Waals surface area contributed by atoms with Gasteiger partial charge in [0.2, 0.25) is 0 Å². The number of unbranched alkanes of at least 4 members (excludes halogenated alkanes) is 25. The van der Waals surface area contributed by atoms with Gasteiger partial charge in [-0.2, -0.15) is 0 Å². The van der Waals surface area contributed by atoms with Gasteiger partial charge in [0.05, 0.1) is 0 Å². The minimum Gasteiger partial charge on any atom is -0.462 e. The molecule has 76 heavy (non-hydrogen) atoms. The Bertz CT molecular complexity index is 1590. The second-order valence-corrected chi connectivity index (χ2v) is 20.6. The number of esters is 3. The molecule has 0 aromatic heterocycles. The van der Waals surface area contributed by atoms with Gasteiger partial charge in [-0.05, 0) is 135 Å². The van der Waals surface area contributed by atoms with Crippen LogP contribution < -0.4 is 0 Å². The third-order valence-corrected chi connectivity index (χ3v) is 13.2. The number of carbonyl (C=O) groups is 3. The maximum atomic E-state index is 12.9. The predicted octanol–water partition coefficient (Wildman–Crippen LogP) is 21.6. The Morgan fingerprint density at radius 1 is 0.276 bits per heavy atom. The summed E-state index contributed by atoms with van der Waals surface area (Å²) in [5.41, 5.74) is 0. The van der Waals surface area contributed by atoms with E-state index in [2.05, 4.69) is 142 Å². The van der Waals surface area contributed by atoms with Gasteiger partial charge < -0.3 is 14.2 Å². The Morgan fingerprint density at radius 2 is 0.513 bits per heavy atom. The van der Waals surface area contributed by atoms with Gasteiger partial charge in [0.25, 0.3) is 0 Å². The highest BCUT2D eigenvalue weighted by molar-refractivity contribution is 5.71. The molecule has 1 unspecified atom stereocenters. The van der Waals surface area contributed by atoms with Crippen molar-refractivity contribution in [1.29, 1.82) is 0 Å². The lowest BCUT2D eigenvalue weighted by Crippen LogP contribution is -2.30. The Morgan fingerprint density at radius 3 is 0.816 bits per heavy atom. The molecule has 0 saturated heterocycles. The van der Waals surface area contributed by atoms with E-state index in [4.69, 9.17) is 14.2 Å². The van der Waals surface area contributed by atoms with Crippen LogP contribution in [0.15, 0.2) is 122 Å². The zero-order chi connectivity index (χ0) is 55.0. The van der Waals surface area contributed by atoms with Gasteiger partial charge >= 0.3 is 17.9 Å². The summed E-state index contributed by atoms with van der Waals surface area (Å²) in [7, 11) is 0. The van der Waals surface area contributed by atoms with Gasteiger partial charge in [0.1, 0.15) is 13.2 Å². The van der Waals surface area contributed by atoms with Crippen LogP contribution in [-0.4, -0.2) is 37.2 Å². The molecule has 0 radical (unpaired) electrons. The second-order valence-electron chi connectivity index (χ2n) is 20.6. The highest BCUT2D eigenvalue weighted by Crippen LogP contribution is 2.15. The Kier molecular flexibility index (Phi) is 59.9. The lowest BCUT2D eigenvalue weighted by Gasteiger charge is -2.18. The zero-order valence-corrected chi connectivity index (χ0v) is 49.5. The molecule has 0 aromatic carbocycles. The predicted molar refractivity (Wildman–Crippen MR) is 330 cm³/mol. The minimum absolute atomic E-state index is 0.0909. The van der Waals surface area contributed by atoms with Crippen LogP contribution in [-0.2, 0) is 28.6 Å². The number of allylic oxidation sites excluding steroid dienone is 20. The normalized spacial score (nSPS) is 12.9. The Hall–Kier alpha value is -4.19. The second kappa shape index (κ2) is 63.3. The summed E-state index contributed by atoms with van der Waals surface area (Å²) < 4.78 is 16.9. The van der Waals surface area contributed by atoms with E-state index in [1.165, 1.54) is 103 Å². The highest BCUT2D eigenvalue weighted by Gasteiger charge is 2.19. The molecule has 432 valence electrons. The first-order valence-corrected chi connectivity index (χ1v) is 31.5. The van der Waals surface area contributed by atoms with E-state index in [0.717, 1.165) is 141 Å². The van der Waals surface area contributed by atoms with Crippen molar-refractivity contribution in [2.24, 2.45) is 0 Å². The van der Waals surface area contributed by atoms with Gasteiger partial charge in [-0.3, -0.25) is 14.4 Å². The van der Waals surface area contributed by atoms with E-state index in [0.29, 0.717) is 19.3 Å². The summed E-state index contributed by atoms with van der Waals surface area (Å²) in [4.78, 5) is 38.2. The van der Waals surface area contributed by atoms with Gasteiger partial charge in [-0.1, -0.05) is 251 Å². The molecular formula is C70H116O6. The smallest absolute Gasteiger partial charge is 0.306 e. The quantitative estimate of drug-likeness (QED) is 0.0261. The van der Waals surface area contributed by atoms with Crippen LogP contribution in [0.4, 0.5) is 0 Å². The third-order valence-electron chi connectivity index (χ3n) is 13.2. The molecule has 0 aliphatic rings. The summed E-state index contributed by atoms with van der Waals surface area (Å²) in [6, 6.07) is 0. The van der Waals surface area contributed by atoms with Crippen molar-refractivity contribution < 1.29 is 28.6 Å². The molecule has 0 fully saturated rings. The highest BCUT2D eigenvalue weighted by atomic mass is 16.6. The lowest BCUT2D eigenvalue weighted by atomic mass is 10.1. The van der Waals surface area contributed by atoms with Gasteiger partial charge in [0.15, 0.2) is 6.10 Å². The van der Waals surface area contributed by atoms with Crippen LogP contribution in [0.1, 0.15) is 284 Å². The maximum absolute atomic E-state index is 12.9. The van der Waals surface area contributed by atoms with E-state index >= 15 is 0 Å². The van der Waals surface area contributed by atoms with Crippen molar-refractivity contribution >= 4 is 17.9 Å². The Balaban J connectivity index is 4.27. The standard InChI is InChI=1S/C70H116O6/c1-4-7-10-13-16-19-22-25-27-28-29-30-31-32-33-34-35-36-37-38-39-40-41-42-44-45-48-51-54-57-60-63-69(72)75-66-67(65-74-68(71)62-59-56-53-50-47-24-21-18-15-12-9-6-3)76-70(73)64-61-58-55-52-49-46-43-26-23-20-17-14-11-8-5-2/h7,10,16-21,25-27,29-30,32-33,35-36,38-39,43,67H,4-6,8-9,11-15,22-24,28,31,34,37,40-42,44-66H2,1-3H3/b10-7-,19-16-,20-17-,21-18-,27-25-,30-29-,33-32-,36-35-,39-38-,43-26-. The molecular weight excluding hydrogens is 937 g/mol. The van der Waals surface area contributed by atoms with E-state index < -0.39 is 6.10 Å². The summed E-state index contributed by atoms with van der Waals surface area (Å²) in [6.07, 6.45) is 87.7. The van der Waals surface area contributed by atoms with Gasteiger partial charge in [-0.15, -0.1) is 0 Å². The average Bonchev–Trinajstić information content (AvgIpc) is 3.42. The van der Waals surface area contributed by atoms with E-state index in [-0.39, 0.29) is 31.1 Å². The monoisotopic (exact) mass is 1050 g/mol. The summed E-state index contributed by atoms with van der Waals surface area (Å²) in [5.74, 6) is -0.917. The van der Waals surface area contributed by atoms with Crippen molar-refractivity contribution in [2.75, 3.05) is 13.2 Å². The van der Waals surface area contributed by atoms with Crippen LogP contribution in [0, 0.1) is 0 Å². The number of ether oxygens (including phenoxy) is 3. The first-order valence-electron chi connectivity index (χ1n) is 31.5. The van der Waals surface area contributed by atoms with E-state index in [9.17, 15) is 14.4 Å². The van der Waals surface area contributed by atoms with Crippen molar-refractivity contribution in [3.63, 3.8) is 0 Å². The minimum atomic E-state index is -0.794. The van der Waals surface area contributed by atoms with Crippen molar-refractivity contribution in [3.05, 3.63) is 122 Å². The van der Waals surface area contributed by atoms with Crippen LogP contribution in [0.25, 0.3) is 0 Å². The summed E-state index contributed by atoms with van der Waals surface area (Å²) in [6.45, 7) is 6.46. The van der Waals surface area contributed by atoms with Gasteiger partial charge in [-0.25, -0.2) is 0 Å². The molecule has 1 atom stereocenters. The topological polar surface area (TPSA) is 78.9 Å². The molecule has 0 heterocycles. The molecule has 0 aromatic rings. The van der Waals surface area contributed by atoms with E-state index in [1.54, 1.807) is 0 Å². The number of hydrogen-bond acceptors (Lipinski definition) is 6. The molecule has 6 heteroatoms. The first-order chi connectivity index (χ1) is 37.5. The number of hydrogen-bond donors (Lipinski definition) is 0. The molecule has 0 bridgehead atoms. The summed E-state index contributed by atoms with van der Waals surface area (Å²) >= 11 is 0. The van der Waals surface area contributed by atoms with E-state index in [1.807, 2.05) is 0 Å². The molecule has 0 spiro atoms. The third kappa shape index (κ3) is 60.7. The lowest BCUT2D eigenvalue weighted by molar-refractivity contribution is -0.167. The summed E-state index contributed by atoms with van der Waals surface area (Å²) in [5, 5.41) is 0. The average molecular weight is 1050 g/mol. The molecule has 0 amide bonds. The molecule has 0 aliphatic heterocycles. The fourth-order valence-electron chi connectivity index (χ4n) is 8.45. The fraction of sp³-hybridized carbons (Fsp3) is 0.671. The van der Waals surface area contributed by atoms with Gasteiger partial charge in [0, 0.05) is 19.3 Å². The molecule has 0 saturated carbocycles. The van der Waals surface area contributed by atoms with Crippen molar-refractivity contribution in [2.45, 2.75) is 290 Å². The number of carbonyl (C=O) groups excluding carboxylic acids is 3. The van der Waals surface area contributed by atoms with Crippen molar-refractivity contribution in [3.8, 4) is 0 Å². The molecule has 0 rings (SSSR count). The van der Waals surface area contributed by atoms with Crippen LogP contribution >= 0.6 is 0 Å².